The van der Waals surface area contributed by atoms with Gasteiger partial charge in [0.25, 0.3) is 0 Å². The van der Waals surface area contributed by atoms with Gasteiger partial charge in [0.2, 0.25) is 0 Å². The number of hydrogen-bond donors (Lipinski definition) is 0. The molecule has 0 unspecified atom stereocenters. The van der Waals surface area contributed by atoms with Crippen LogP contribution in [0.15, 0.2) is 36.3 Å². The molecule has 0 saturated carbocycles. The lowest BCUT2D eigenvalue weighted by Gasteiger charge is -2.04. The Balaban J connectivity index is 5.05. The van der Waals surface area contributed by atoms with Crippen molar-refractivity contribution in [2.24, 2.45) is 0 Å². The number of allylic oxidation sites excluding steroid dienone is 3. The van der Waals surface area contributed by atoms with Crippen molar-refractivity contribution in [2.45, 2.75) is 6.18 Å². The van der Waals surface area contributed by atoms with Crippen LogP contribution in [-0.2, 0) is 0 Å². The van der Waals surface area contributed by atoms with Crippen molar-refractivity contribution in [2.75, 3.05) is 0 Å². The van der Waals surface area contributed by atoms with E-state index in [1.165, 1.54) is 0 Å². The number of rotatable bonds is 3. The molecule has 3 nitrogen and oxygen atoms in total. The number of halogens is 4. The van der Waals surface area contributed by atoms with E-state index in [9.17, 15) is 27.7 Å². The summed E-state index contributed by atoms with van der Waals surface area (Å²) in [5, 5.41) is 10.0. The molecule has 7 heteroatoms. The highest BCUT2D eigenvalue weighted by Gasteiger charge is 2.32. The maximum Gasteiger partial charge on any atom is 0.416 e. The van der Waals surface area contributed by atoms with Gasteiger partial charge in [0.15, 0.2) is 5.83 Å². The summed E-state index contributed by atoms with van der Waals surface area (Å²) < 4.78 is 47.7. The van der Waals surface area contributed by atoms with Gasteiger partial charge < -0.3 is 0 Å². The highest BCUT2D eigenvalue weighted by molar-refractivity contribution is 5.28. The van der Waals surface area contributed by atoms with Crippen molar-refractivity contribution in [1.82, 2.24) is 0 Å². The zero-order chi connectivity index (χ0) is 11.5. The average molecular weight is 211 g/mol. The molecule has 0 atom stereocenters. The molecule has 14 heavy (non-hydrogen) atoms. The van der Waals surface area contributed by atoms with Gasteiger partial charge in [-0.15, -0.1) is 0 Å². The minimum atomic E-state index is -4.82. The second kappa shape index (κ2) is 4.03. The average Bonchev–Trinajstić information content (AvgIpc) is 1.96. The van der Waals surface area contributed by atoms with Crippen molar-refractivity contribution < 1.29 is 22.5 Å². The second-order valence-corrected chi connectivity index (χ2v) is 2.21. The molecule has 0 radical (unpaired) electrons. The molecule has 0 aromatic heterocycles. The fourth-order valence-corrected chi connectivity index (χ4v) is 0.477. The van der Waals surface area contributed by atoms with Gasteiger partial charge in [-0.3, -0.25) is 10.1 Å². The van der Waals surface area contributed by atoms with Gasteiger partial charge in [-0.25, -0.2) is 4.39 Å². The van der Waals surface area contributed by atoms with Gasteiger partial charge in [-0.1, -0.05) is 13.2 Å². The van der Waals surface area contributed by atoms with E-state index < -0.39 is 28.2 Å². The monoisotopic (exact) mass is 211 g/mol. The molecule has 0 N–H and O–H groups in total. The fourth-order valence-electron chi connectivity index (χ4n) is 0.477. The van der Waals surface area contributed by atoms with Gasteiger partial charge in [0.1, 0.15) is 0 Å². The molecule has 0 aromatic carbocycles. The molecule has 0 aliphatic heterocycles. The number of nitro groups is 1. The molecule has 0 aliphatic carbocycles. The van der Waals surface area contributed by atoms with Crippen LogP contribution < -0.4 is 0 Å². The summed E-state index contributed by atoms with van der Waals surface area (Å²) in [4.78, 5) is 8.73. The van der Waals surface area contributed by atoms with Crippen LogP contribution in [0.25, 0.3) is 0 Å². The molecule has 0 bridgehead atoms. The molecule has 0 spiro atoms. The first-order chi connectivity index (χ1) is 6.16. The Morgan fingerprint density at radius 2 is 1.79 bits per heavy atom. The third kappa shape index (κ3) is 3.38. The number of alkyl halides is 3. The molecule has 0 saturated heterocycles. The molecular weight excluding hydrogens is 206 g/mol. The van der Waals surface area contributed by atoms with E-state index in [2.05, 4.69) is 13.2 Å². The lowest BCUT2D eigenvalue weighted by Crippen LogP contribution is -2.11. The Kier molecular flexibility index (Phi) is 3.55. The largest absolute Gasteiger partial charge is 0.416 e. The van der Waals surface area contributed by atoms with Crippen LogP contribution >= 0.6 is 0 Å². The van der Waals surface area contributed by atoms with Crippen LogP contribution in [0, 0.1) is 10.1 Å². The summed E-state index contributed by atoms with van der Waals surface area (Å²) in [6, 6.07) is 0. The summed E-state index contributed by atoms with van der Waals surface area (Å²) in [7, 11) is 0. The van der Waals surface area contributed by atoms with Crippen molar-refractivity contribution in [3.05, 3.63) is 46.4 Å². The maximum absolute atomic E-state index is 12.3. The molecule has 0 aliphatic rings. The standard InChI is InChI=1S/C7H5F4NO2/c1-4(7(9,10)11)3-6(5(2)8)12(13)14/h3H,1-2H2/b6-3+. The Bertz CT molecular complexity index is 300. The zero-order valence-corrected chi connectivity index (χ0v) is 6.77. The summed E-state index contributed by atoms with van der Waals surface area (Å²) in [6.07, 6.45) is -4.83. The first kappa shape index (κ1) is 12.3. The van der Waals surface area contributed by atoms with E-state index in [1.807, 2.05) is 0 Å². The topological polar surface area (TPSA) is 43.1 Å². The first-order valence-electron chi connectivity index (χ1n) is 3.13. The normalized spacial score (nSPS) is 12.4. The van der Waals surface area contributed by atoms with Crippen LogP contribution in [0.3, 0.4) is 0 Å². The lowest BCUT2D eigenvalue weighted by molar-refractivity contribution is -0.422. The first-order valence-corrected chi connectivity index (χ1v) is 3.13. The molecule has 0 rings (SSSR count). The Labute approximate surface area is 76.2 Å². The van der Waals surface area contributed by atoms with Crippen LogP contribution in [0.1, 0.15) is 0 Å². The van der Waals surface area contributed by atoms with E-state index in [0.717, 1.165) is 0 Å². The van der Waals surface area contributed by atoms with Crippen molar-refractivity contribution in [1.29, 1.82) is 0 Å². The van der Waals surface area contributed by atoms with Crippen molar-refractivity contribution in [3.63, 3.8) is 0 Å². The highest BCUT2D eigenvalue weighted by Crippen LogP contribution is 2.27. The van der Waals surface area contributed by atoms with Crippen LogP contribution in [0.4, 0.5) is 17.6 Å². The molecule has 0 heterocycles. The maximum atomic E-state index is 12.3. The third-order valence-corrected chi connectivity index (χ3v) is 1.15. The van der Waals surface area contributed by atoms with E-state index in [1.54, 1.807) is 0 Å². The Morgan fingerprint density at radius 1 is 1.36 bits per heavy atom. The summed E-state index contributed by atoms with van der Waals surface area (Å²) in [5.74, 6) is -1.56. The van der Waals surface area contributed by atoms with Crippen LogP contribution in [0.2, 0.25) is 0 Å². The second-order valence-electron chi connectivity index (χ2n) is 2.21. The summed E-state index contributed by atoms with van der Waals surface area (Å²) in [5.41, 5.74) is -2.87. The SMILES string of the molecule is C=C(F)/C(=C\C(=C)C(F)(F)F)[N+](=O)[O-]. The molecule has 0 aromatic rings. The highest BCUT2D eigenvalue weighted by atomic mass is 19.4. The molecular formula is C7H5F4NO2. The summed E-state index contributed by atoms with van der Waals surface area (Å²) in [6.45, 7) is 5.04. The van der Waals surface area contributed by atoms with E-state index in [-0.39, 0.29) is 6.08 Å². The molecule has 78 valence electrons. The van der Waals surface area contributed by atoms with E-state index >= 15 is 0 Å². The Morgan fingerprint density at radius 3 is 2.00 bits per heavy atom. The van der Waals surface area contributed by atoms with Gasteiger partial charge in [-0.2, -0.15) is 13.2 Å². The summed E-state index contributed by atoms with van der Waals surface area (Å²) >= 11 is 0. The Hall–Kier alpha value is -1.66. The molecule has 0 fully saturated rings. The lowest BCUT2D eigenvalue weighted by atomic mass is 10.2. The number of nitrogens with zero attached hydrogens (tertiary/aromatic N) is 1. The van der Waals surface area contributed by atoms with Crippen LogP contribution in [0.5, 0.6) is 0 Å². The van der Waals surface area contributed by atoms with Crippen LogP contribution in [-0.4, -0.2) is 11.1 Å². The predicted octanol–water partition coefficient (Wildman–Crippen LogP) is 2.75. The van der Waals surface area contributed by atoms with Gasteiger partial charge in [0.05, 0.1) is 10.5 Å². The van der Waals surface area contributed by atoms with Crippen molar-refractivity contribution in [3.8, 4) is 0 Å². The third-order valence-electron chi connectivity index (χ3n) is 1.15. The molecule has 0 amide bonds. The minimum absolute atomic E-state index is 0.0116. The smallest absolute Gasteiger partial charge is 0.258 e. The van der Waals surface area contributed by atoms with E-state index in [0.29, 0.717) is 0 Å². The van der Waals surface area contributed by atoms with Gasteiger partial charge in [-0.05, 0) is 0 Å². The number of hydrogen-bond acceptors (Lipinski definition) is 2. The van der Waals surface area contributed by atoms with E-state index in [4.69, 9.17) is 0 Å². The van der Waals surface area contributed by atoms with Gasteiger partial charge >= 0.3 is 11.9 Å². The van der Waals surface area contributed by atoms with Crippen molar-refractivity contribution >= 4 is 0 Å². The fraction of sp³-hybridized carbons (Fsp3) is 0.143. The quantitative estimate of drug-likeness (QED) is 0.311. The predicted molar refractivity (Wildman–Crippen MR) is 40.5 cm³/mol. The zero-order valence-electron chi connectivity index (χ0n) is 6.77. The minimum Gasteiger partial charge on any atom is -0.258 e. The van der Waals surface area contributed by atoms with Gasteiger partial charge in [0, 0.05) is 6.08 Å².